The normalized spacial score (nSPS) is 30.6. The molecule has 4 rings (SSSR count). The van der Waals surface area contributed by atoms with Gasteiger partial charge in [0.25, 0.3) is 5.91 Å². The van der Waals surface area contributed by atoms with E-state index in [9.17, 15) is 14.0 Å². The van der Waals surface area contributed by atoms with Crippen LogP contribution in [0.2, 0.25) is 0 Å². The van der Waals surface area contributed by atoms with Crippen LogP contribution in [-0.4, -0.2) is 66.2 Å². The lowest BCUT2D eigenvalue weighted by atomic mass is 9.83. The minimum atomic E-state index is -0.819. The summed E-state index contributed by atoms with van der Waals surface area (Å²) in [5, 5.41) is 3.13. The van der Waals surface area contributed by atoms with E-state index >= 15 is 0 Å². The van der Waals surface area contributed by atoms with Crippen LogP contribution in [0.15, 0.2) is 24.3 Å². The molecule has 1 aliphatic carbocycles. The van der Waals surface area contributed by atoms with Crippen LogP contribution >= 0.6 is 0 Å². The van der Waals surface area contributed by atoms with Gasteiger partial charge in [0.15, 0.2) is 0 Å². The average molecular weight is 418 g/mol. The molecule has 2 saturated heterocycles. The van der Waals surface area contributed by atoms with Crippen molar-refractivity contribution < 1.29 is 18.7 Å². The van der Waals surface area contributed by atoms with Gasteiger partial charge in [-0.05, 0) is 76.7 Å². The zero-order valence-electron chi connectivity index (χ0n) is 17.9. The number of carbonyl (C=O) groups excluding carboxylic acids is 2. The summed E-state index contributed by atoms with van der Waals surface area (Å²) in [7, 11) is 2.07. The number of benzene rings is 1. The van der Waals surface area contributed by atoms with E-state index in [0.717, 1.165) is 38.8 Å². The van der Waals surface area contributed by atoms with Crippen LogP contribution in [-0.2, 0) is 9.53 Å². The summed E-state index contributed by atoms with van der Waals surface area (Å²) in [5.41, 5.74) is -0.821. The fraction of sp³-hybridized carbons (Fsp3) is 0.652. The Morgan fingerprint density at radius 2 is 1.80 bits per heavy atom. The Kier molecular flexibility index (Phi) is 6.11. The van der Waals surface area contributed by atoms with Crippen LogP contribution in [0.3, 0.4) is 0 Å². The first-order valence-electron chi connectivity index (χ1n) is 11.1. The number of nitrogens with one attached hydrogen (secondary N) is 1. The smallest absolute Gasteiger partial charge is 0.259 e. The molecule has 30 heavy (non-hydrogen) atoms. The maximum atomic E-state index is 14.5. The maximum Gasteiger partial charge on any atom is 0.259 e. The summed E-state index contributed by atoms with van der Waals surface area (Å²) in [6.07, 6.45) is 4.97. The first-order valence-corrected chi connectivity index (χ1v) is 11.1. The molecule has 1 N–H and O–H groups in total. The third-order valence-corrected chi connectivity index (χ3v) is 7.01. The molecule has 0 radical (unpaired) electrons. The molecule has 0 unspecified atom stereocenters. The Labute approximate surface area is 177 Å². The van der Waals surface area contributed by atoms with E-state index in [0.29, 0.717) is 18.8 Å². The molecule has 1 aromatic carbocycles. The van der Waals surface area contributed by atoms with E-state index in [1.807, 2.05) is 0 Å². The number of hydrogen-bond donors (Lipinski definition) is 1. The fourth-order valence-corrected chi connectivity index (χ4v) is 4.99. The van der Waals surface area contributed by atoms with Crippen molar-refractivity contribution in [2.24, 2.45) is 5.92 Å². The molecule has 1 saturated carbocycles. The highest BCUT2D eigenvalue weighted by molar-refractivity contribution is 5.98. The molecule has 2 aliphatic heterocycles. The van der Waals surface area contributed by atoms with Crippen LogP contribution in [0.4, 0.5) is 4.39 Å². The van der Waals surface area contributed by atoms with Gasteiger partial charge in [0.05, 0.1) is 12.2 Å². The molecule has 164 valence electrons. The topological polar surface area (TPSA) is 61.9 Å². The summed E-state index contributed by atoms with van der Waals surface area (Å²) < 4.78 is 20.6. The van der Waals surface area contributed by atoms with Gasteiger partial charge in [0, 0.05) is 6.04 Å². The van der Waals surface area contributed by atoms with E-state index in [4.69, 9.17) is 4.74 Å². The molecule has 3 fully saturated rings. The summed E-state index contributed by atoms with van der Waals surface area (Å²) in [5.74, 6) is -0.659. The van der Waals surface area contributed by atoms with Crippen LogP contribution in [0, 0.1) is 11.7 Å². The summed E-state index contributed by atoms with van der Waals surface area (Å²) in [6, 6.07) is 5.35. The van der Waals surface area contributed by atoms with Crippen molar-refractivity contribution in [3.63, 3.8) is 0 Å². The number of ether oxygens (including phenoxy) is 1. The number of hydrogen-bond acceptors (Lipinski definition) is 4. The molecular weight excluding hydrogens is 385 g/mol. The highest BCUT2D eigenvalue weighted by atomic mass is 19.1. The van der Waals surface area contributed by atoms with Crippen LogP contribution in [0.1, 0.15) is 55.8 Å². The molecule has 1 aromatic rings. The molecule has 2 heterocycles. The summed E-state index contributed by atoms with van der Waals surface area (Å²) in [4.78, 5) is 30.5. The predicted octanol–water partition coefficient (Wildman–Crippen LogP) is 2.78. The Balaban J connectivity index is 1.58. The van der Waals surface area contributed by atoms with Gasteiger partial charge in [0.1, 0.15) is 17.6 Å². The summed E-state index contributed by atoms with van der Waals surface area (Å²) in [6.45, 7) is 4.22. The Morgan fingerprint density at radius 1 is 1.13 bits per heavy atom. The van der Waals surface area contributed by atoms with Gasteiger partial charge in [-0.15, -0.1) is 0 Å². The SMILES string of the molecule is CC1CCC2(CC1)OC[C@H](C(=O)NC1CCN(C)CC1)N2C(=O)c1ccccc1F. The van der Waals surface area contributed by atoms with Crippen molar-refractivity contribution in [2.75, 3.05) is 26.7 Å². The van der Waals surface area contributed by atoms with Crippen molar-refractivity contribution in [3.8, 4) is 0 Å². The lowest BCUT2D eigenvalue weighted by molar-refractivity contribution is -0.128. The maximum absolute atomic E-state index is 14.5. The number of halogens is 1. The lowest BCUT2D eigenvalue weighted by Crippen LogP contribution is -2.58. The first-order chi connectivity index (χ1) is 14.4. The van der Waals surface area contributed by atoms with Gasteiger partial charge in [-0.2, -0.15) is 0 Å². The molecule has 3 aliphatic rings. The van der Waals surface area contributed by atoms with Crippen LogP contribution < -0.4 is 5.32 Å². The van der Waals surface area contributed by atoms with E-state index in [1.54, 1.807) is 17.0 Å². The van der Waals surface area contributed by atoms with Crippen molar-refractivity contribution >= 4 is 11.8 Å². The molecule has 0 aromatic heterocycles. The third-order valence-electron chi connectivity index (χ3n) is 7.01. The van der Waals surface area contributed by atoms with Crippen molar-refractivity contribution in [1.29, 1.82) is 0 Å². The molecule has 1 spiro atoms. The zero-order valence-corrected chi connectivity index (χ0v) is 17.9. The van der Waals surface area contributed by atoms with Crippen molar-refractivity contribution in [2.45, 2.75) is 63.3 Å². The Bertz CT molecular complexity index is 786. The molecule has 1 atom stereocenters. The van der Waals surface area contributed by atoms with E-state index in [-0.39, 0.29) is 24.1 Å². The molecule has 0 bridgehead atoms. The number of piperidine rings is 1. The van der Waals surface area contributed by atoms with Crippen LogP contribution in [0.25, 0.3) is 0 Å². The second-order valence-corrected chi connectivity index (χ2v) is 9.20. The Hall–Kier alpha value is -1.99. The predicted molar refractivity (Wildman–Crippen MR) is 111 cm³/mol. The molecule has 6 nitrogen and oxygen atoms in total. The second-order valence-electron chi connectivity index (χ2n) is 9.20. The van der Waals surface area contributed by atoms with Gasteiger partial charge in [0.2, 0.25) is 5.91 Å². The van der Waals surface area contributed by atoms with Gasteiger partial charge in [-0.25, -0.2) is 4.39 Å². The second kappa shape index (κ2) is 8.63. The number of carbonyl (C=O) groups is 2. The third kappa shape index (κ3) is 4.10. The molecular formula is C23H32FN3O3. The minimum Gasteiger partial charge on any atom is -0.353 e. The van der Waals surface area contributed by atoms with Gasteiger partial charge < -0.3 is 15.0 Å². The highest BCUT2D eigenvalue weighted by Gasteiger charge is 2.54. The monoisotopic (exact) mass is 417 g/mol. The summed E-state index contributed by atoms with van der Waals surface area (Å²) >= 11 is 0. The number of amides is 2. The first kappa shape index (κ1) is 21.2. The largest absolute Gasteiger partial charge is 0.353 e. The zero-order chi connectivity index (χ0) is 21.3. The average Bonchev–Trinajstić information content (AvgIpc) is 3.11. The standard InChI is InChI=1S/C23H32FN3O3/c1-16-7-11-23(12-8-16)27(22(29)18-5-3-4-6-19(18)24)20(15-30-23)21(28)25-17-9-13-26(2)14-10-17/h3-6,16-17,20H,7-15H2,1-2H3,(H,25,28)/t16?,20-,23?/m1/s1. The van der Waals surface area contributed by atoms with E-state index in [2.05, 4.69) is 24.2 Å². The Morgan fingerprint density at radius 3 is 2.47 bits per heavy atom. The minimum absolute atomic E-state index is 0.00177. The lowest BCUT2D eigenvalue weighted by Gasteiger charge is -2.43. The van der Waals surface area contributed by atoms with Gasteiger partial charge >= 0.3 is 0 Å². The quantitative estimate of drug-likeness (QED) is 0.822. The fourth-order valence-electron chi connectivity index (χ4n) is 4.99. The van der Waals surface area contributed by atoms with E-state index in [1.165, 1.54) is 12.1 Å². The molecule has 2 amide bonds. The van der Waals surface area contributed by atoms with Gasteiger partial charge in [-0.3, -0.25) is 14.5 Å². The van der Waals surface area contributed by atoms with Gasteiger partial charge in [-0.1, -0.05) is 19.1 Å². The van der Waals surface area contributed by atoms with E-state index < -0.39 is 23.5 Å². The van der Waals surface area contributed by atoms with Crippen molar-refractivity contribution in [3.05, 3.63) is 35.6 Å². The van der Waals surface area contributed by atoms with Crippen LogP contribution in [0.5, 0.6) is 0 Å². The number of likely N-dealkylation sites (tertiary alicyclic amines) is 1. The number of nitrogens with zero attached hydrogens (tertiary/aromatic N) is 2. The molecule has 7 heteroatoms. The van der Waals surface area contributed by atoms with Crippen molar-refractivity contribution in [1.82, 2.24) is 15.1 Å². The number of rotatable bonds is 3. The highest BCUT2D eigenvalue weighted by Crippen LogP contribution is 2.43.